The molecule has 1 aliphatic rings. The van der Waals surface area contributed by atoms with Crippen molar-refractivity contribution in [1.82, 2.24) is 4.90 Å². The average molecular weight is 522 g/mol. The molecule has 4 aromatic rings. The Balaban J connectivity index is 1.23. The SMILES string of the molecule is O=C(O)CN(Cc1cccc(COc2ccc(-c3cc(F)c(F)c4ccoc34)cc2)c1)CC1CCOCC1. The maximum atomic E-state index is 14.1. The van der Waals surface area contributed by atoms with E-state index in [9.17, 15) is 18.7 Å². The third-order valence-electron chi connectivity index (χ3n) is 6.81. The maximum absolute atomic E-state index is 14.1. The van der Waals surface area contributed by atoms with Crippen molar-refractivity contribution < 1.29 is 32.6 Å². The highest BCUT2D eigenvalue weighted by Crippen LogP contribution is 2.33. The van der Waals surface area contributed by atoms with E-state index in [0.29, 0.717) is 41.5 Å². The minimum atomic E-state index is -0.927. The van der Waals surface area contributed by atoms with Gasteiger partial charge in [-0.1, -0.05) is 36.4 Å². The topological polar surface area (TPSA) is 72.1 Å². The number of hydrogen-bond donors (Lipinski definition) is 1. The number of aliphatic carboxylic acids is 1. The van der Waals surface area contributed by atoms with Crippen molar-refractivity contribution in [3.63, 3.8) is 0 Å². The number of benzene rings is 3. The Morgan fingerprint density at radius 2 is 1.79 bits per heavy atom. The van der Waals surface area contributed by atoms with Gasteiger partial charge in [0.05, 0.1) is 18.2 Å². The Bertz CT molecular complexity index is 1400. The van der Waals surface area contributed by atoms with Crippen LogP contribution in [0.25, 0.3) is 22.1 Å². The molecule has 0 spiro atoms. The highest BCUT2D eigenvalue weighted by molar-refractivity contribution is 5.93. The molecule has 198 valence electrons. The largest absolute Gasteiger partial charge is 0.489 e. The smallest absolute Gasteiger partial charge is 0.317 e. The minimum Gasteiger partial charge on any atom is -0.489 e. The van der Waals surface area contributed by atoms with Crippen LogP contribution in [-0.2, 0) is 22.7 Å². The monoisotopic (exact) mass is 521 g/mol. The molecule has 1 aliphatic heterocycles. The van der Waals surface area contributed by atoms with Crippen molar-refractivity contribution in [2.45, 2.75) is 26.0 Å². The van der Waals surface area contributed by atoms with E-state index in [4.69, 9.17) is 13.9 Å². The molecule has 0 saturated carbocycles. The van der Waals surface area contributed by atoms with Gasteiger partial charge in [0.25, 0.3) is 0 Å². The standard InChI is InChI=1S/C30H29F2NO5/c31-27-15-26(30-25(29(27)32)10-13-37-30)23-4-6-24(7-5-23)38-19-22-3-1-2-21(14-22)17-33(18-28(34)35)16-20-8-11-36-12-9-20/h1-7,10,13-15,20H,8-9,11-12,16-19H2,(H,34,35). The van der Waals surface area contributed by atoms with Gasteiger partial charge in [0, 0.05) is 31.9 Å². The first-order valence-corrected chi connectivity index (χ1v) is 12.6. The molecule has 2 heterocycles. The van der Waals surface area contributed by atoms with Gasteiger partial charge in [-0.25, -0.2) is 8.78 Å². The Kier molecular flexibility index (Phi) is 8.00. The average Bonchev–Trinajstić information content (AvgIpc) is 3.41. The number of carboxylic acids is 1. The van der Waals surface area contributed by atoms with Crippen LogP contribution in [0.4, 0.5) is 8.78 Å². The van der Waals surface area contributed by atoms with Gasteiger partial charge in [0.1, 0.15) is 17.9 Å². The van der Waals surface area contributed by atoms with Crippen LogP contribution in [0.1, 0.15) is 24.0 Å². The Morgan fingerprint density at radius 3 is 2.55 bits per heavy atom. The van der Waals surface area contributed by atoms with Gasteiger partial charge in [-0.2, -0.15) is 0 Å². The zero-order chi connectivity index (χ0) is 26.5. The number of carboxylic acid groups (broad SMARTS) is 1. The van der Waals surface area contributed by atoms with Gasteiger partial charge in [-0.05, 0) is 59.7 Å². The molecule has 38 heavy (non-hydrogen) atoms. The summed E-state index contributed by atoms with van der Waals surface area (Å²) in [6.45, 7) is 3.06. The third-order valence-corrected chi connectivity index (χ3v) is 6.81. The van der Waals surface area contributed by atoms with Crippen LogP contribution in [0.15, 0.2) is 71.3 Å². The number of carbonyl (C=O) groups is 1. The number of nitrogens with zero attached hydrogens (tertiary/aromatic N) is 1. The van der Waals surface area contributed by atoms with E-state index in [0.717, 1.165) is 49.8 Å². The van der Waals surface area contributed by atoms with Crippen LogP contribution in [0.3, 0.4) is 0 Å². The summed E-state index contributed by atoms with van der Waals surface area (Å²) in [5.74, 6) is -1.62. The summed E-state index contributed by atoms with van der Waals surface area (Å²) in [6.07, 6.45) is 3.24. The first kappa shape index (κ1) is 25.9. The van der Waals surface area contributed by atoms with Crippen molar-refractivity contribution in [3.05, 3.63) is 89.7 Å². The summed E-state index contributed by atoms with van der Waals surface area (Å²) in [6, 6.07) is 17.6. The number of furan rings is 1. The number of halogens is 2. The van der Waals surface area contributed by atoms with Crippen LogP contribution in [0.5, 0.6) is 5.75 Å². The molecule has 0 radical (unpaired) electrons. The zero-order valence-corrected chi connectivity index (χ0v) is 20.9. The molecule has 6 nitrogen and oxygen atoms in total. The van der Waals surface area contributed by atoms with E-state index in [1.165, 1.54) is 12.3 Å². The summed E-state index contributed by atoms with van der Waals surface area (Å²) >= 11 is 0. The van der Waals surface area contributed by atoms with Crippen LogP contribution in [0.2, 0.25) is 0 Å². The molecular formula is C30H29F2NO5. The van der Waals surface area contributed by atoms with Gasteiger partial charge in [-0.15, -0.1) is 0 Å². The molecule has 1 N–H and O–H groups in total. The lowest BCUT2D eigenvalue weighted by Crippen LogP contribution is -2.35. The quantitative estimate of drug-likeness (QED) is 0.265. The first-order chi connectivity index (χ1) is 18.5. The molecule has 1 aromatic heterocycles. The van der Waals surface area contributed by atoms with E-state index in [1.54, 1.807) is 24.3 Å². The Morgan fingerprint density at radius 1 is 1.03 bits per heavy atom. The molecule has 0 amide bonds. The molecule has 0 unspecified atom stereocenters. The van der Waals surface area contributed by atoms with E-state index in [-0.39, 0.29) is 11.9 Å². The molecule has 1 saturated heterocycles. The molecule has 3 aromatic carbocycles. The lowest BCUT2D eigenvalue weighted by atomic mass is 9.99. The molecule has 5 rings (SSSR count). The summed E-state index contributed by atoms with van der Waals surface area (Å²) < 4.78 is 44.9. The molecule has 1 fully saturated rings. The highest BCUT2D eigenvalue weighted by atomic mass is 19.2. The second-order valence-electron chi connectivity index (χ2n) is 9.64. The van der Waals surface area contributed by atoms with Crippen molar-refractivity contribution >= 4 is 16.9 Å². The van der Waals surface area contributed by atoms with E-state index in [1.807, 2.05) is 29.2 Å². The second kappa shape index (κ2) is 11.8. The van der Waals surface area contributed by atoms with Gasteiger partial charge < -0.3 is 19.0 Å². The Hall–Kier alpha value is -3.75. The fourth-order valence-electron chi connectivity index (χ4n) is 4.93. The zero-order valence-electron chi connectivity index (χ0n) is 20.9. The summed E-state index contributed by atoms with van der Waals surface area (Å²) in [7, 11) is 0. The maximum Gasteiger partial charge on any atom is 0.317 e. The van der Waals surface area contributed by atoms with Crippen molar-refractivity contribution in [1.29, 1.82) is 0 Å². The molecule has 0 atom stereocenters. The molecule has 0 bridgehead atoms. The van der Waals surface area contributed by atoms with Gasteiger partial charge in [0.2, 0.25) is 0 Å². The van der Waals surface area contributed by atoms with E-state index in [2.05, 4.69) is 0 Å². The van der Waals surface area contributed by atoms with Crippen LogP contribution < -0.4 is 4.74 Å². The molecular weight excluding hydrogens is 492 g/mol. The predicted molar refractivity (Wildman–Crippen MR) is 139 cm³/mol. The lowest BCUT2D eigenvalue weighted by Gasteiger charge is -2.29. The number of fused-ring (bicyclic) bond motifs is 1. The lowest BCUT2D eigenvalue weighted by molar-refractivity contribution is -0.138. The van der Waals surface area contributed by atoms with E-state index >= 15 is 0 Å². The van der Waals surface area contributed by atoms with Crippen LogP contribution >= 0.6 is 0 Å². The van der Waals surface area contributed by atoms with E-state index < -0.39 is 17.6 Å². The molecule has 0 aliphatic carbocycles. The first-order valence-electron chi connectivity index (χ1n) is 12.6. The second-order valence-corrected chi connectivity index (χ2v) is 9.64. The Labute approximate surface area is 219 Å². The predicted octanol–water partition coefficient (Wildman–Crippen LogP) is 6.27. The van der Waals surface area contributed by atoms with Gasteiger partial charge in [0.15, 0.2) is 11.6 Å². The molecule has 8 heteroatoms. The number of rotatable bonds is 10. The third kappa shape index (κ3) is 6.20. The van der Waals surface area contributed by atoms with Crippen molar-refractivity contribution in [3.8, 4) is 16.9 Å². The fraction of sp³-hybridized carbons (Fsp3) is 0.300. The normalized spacial score (nSPS) is 14.3. The number of ether oxygens (including phenoxy) is 2. The minimum absolute atomic E-state index is 0.00724. The van der Waals surface area contributed by atoms with Crippen molar-refractivity contribution in [2.24, 2.45) is 5.92 Å². The summed E-state index contributed by atoms with van der Waals surface area (Å²) in [5, 5.41) is 9.49. The van der Waals surface area contributed by atoms with Gasteiger partial charge in [-0.3, -0.25) is 9.69 Å². The van der Waals surface area contributed by atoms with Crippen LogP contribution in [0, 0.1) is 17.6 Å². The van der Waals surface area contributed by atoms with Crippen molar-refractivity contribution in [2.75, 3.05) is 26.3 Å². The summed E-state index contributed by atoms with van der Waals surface area (Å²) in [5.41, 5.74) is 3.43. The fourth-order valence-corrected chi connectivity index (χ4v) is 4.93. The summed E-state index contributed by atoms with van der Waals surface area (Å²) in [4.78, 5) is 13.4. The highest BCUT2D eigenvalue weighted by Gasteiger charge is 2.20. The number of hydrogen-bond acceptors (Lipinski definition) is 5. The van der Waals surface area contributed by atoms with Crippen LogP contribution in [-0.4, -0.2) is 42.3 Å². The van der Waals surface area contributed by atoms with Gasteiger partial charge >= 0.3 is 5.97 Å².